The fourth-order valence-electron chi connectivity index (χ4n) is 2.45. The van der Waals surface area contributed by atoms with Crippen LogP contribution in [0.2, 0.25) is 0 Å². The normalized spacial score (nSPS) is 10.4. The molecule has 1 amide bonds. The van der Waals surface area contributed by atoms with Crippen LogP contribution in [0, 0.1) is 0 Å². The maximum Gasteiger partial charge on any atom is 0.251 e. The first-order valence-electron chi connectivity index (χ1n) is 8.65. The Balaban J connectivity index is 1.91. The molecule has 3 N–H and O–H groups in total. The van der Waals surface area contributed by atoms with Crippen LogP contribution in [0.3, 0.4) is 0 Å². The molecule has 0 heterocycles. The van der Waals surface area contributed by atoms with Crippen molar-refractivity contribution in [2.45, 2.75) is 12.8 Å². The first kappa shape index (κ1) is 19.6. The average molecular weight is 358 g/mol. The Morgan fingerprint density at radius 2 is 1.85 bits per heavy atom. The van der Waals surface area contributed by atoms with Gasteiger partial charge >= 0.3 is 0 Å². The summed E-state index contributed by atoms with van der Waals surface area (Å²) >= 11 is 0. The molecule has 2 aromatic rings. The third kappa shape index (κ3) is 5.97. The average Bonchev–Trinajstić information content (AvgIpc) is 2.66. The van der Waals surface area contributed by atoms with Crippen LogP contribution < -0.4 is 20.1 Å². The van der Waals surface area contributed by atoms with Crippen molar-refractivity contribution in [1.82, 2.24) is 10.6 Å². The monoisotopic (exact) mass is 358 g/mol. The van der Waals surface area contributed by atoms with E-state index in [1.165, 1.54) is 0 Å². The van der Waals surface area contributed by atoms with E-state index in [-0.39, 0.29) is 11.7 Å². The highest BCUT2D eigenvalue weighted by Crippen LogP contribution is 2.28. The number of phenols is 1. The van der Waals surface area contributed by atoms with Crippen LogP contribution >= 0.6 is 0 Å². The number of carbonyl (C=O) groups is 1. The first-order valence-corrected chi connectivity index (χ1v) is 8.65. The molecule has 0 spiro atoms. The number of benzene rings is 2. The van der Waals surface area contributed by atoms with E-state index in [0.717, 1.165) is 18.5 Å². The van der Waals surface area contributed by atoms with E-state index in [4.69, 9.17) is 9.47 Å². The minimum Gasteiger partial charge on any atom is -0.508 e. The summed E-state index contributed by atoms with van der Waals surface area (Å²) in [6.45, 7) is 1.91. The van der Waals surface area contributed by atoms with E-state index in [1.807, 2.05) is 19.2 Å². The quantitative estimate of drug-likeness (QED) is 0.568. The van der Waals surface area contributed by atoms with Gasteiger partial charge in [0.25, 0.3) is 5.91 Å². The van der Waals surface area contributed by atoms with E-state index in [2.05, 4.69) is 10.6 Å². The van der Waals surface area contributed by atoms with Gasteiger partial charge in [0.05, 0.1) is 13.7 Å². The second-order valence-electron chi connectivity index (χ2n) is 5.84. The summed E-state index contributed by atoms with van der Waals surface area (Å²) in [5, 5.41) is 15.2. The van der Waals surface area contributed by atoms with Crippen molar-refractivity contribution in [1.29, 1.82) is 0 Å². The van der Waals surface area contributed by atoms with Crippen LogP contribution in [0.5, 0.6) is 17.2 Å². The minimum absolute atomic E-state index is 0.161. The van der Waals surface area contributed by atoms with Gasteiger partial charge in [0, 0.05) is 12.1 Å². The predicted octanol–water partition coefficient (Wildman–Crippen LogP) is 2.36. The van der Waals surface area contributed by atoms with Crippen LogP contribution in [0.1, 0.15) is 22.3 Å². The van der Waals surface area contributed by atoms with Gasteiger partial charge in [-0.25, -0.2) is 0 Å². The summed E-state index contributed by atoms with van der Waals surface area (Å²) < 4.78 is 11.0. The van der Waals surface area contributed by atoms with Gasteiger partial charge in [-0.05, 0) is 62.3 Å². The van der Waals surface area contributed by atoms with Gasteiger partial charge in [0.15, 0.2) is 11.5 Å². The summed E-state index contributed by atoms with van der Waals surface area (Å²) in [6.07, 6.45) is 1.55. The van der Waals surface area contributed by atoms with Crippen molar-refractivity contribution in [3.63, 3.8) is 0 Å². The lowest BCUT2D eigenvalue weighted by atomic mass is 10.1. The number of rotatable bonds is 10. The molecule has 0 bridgehead atoms. The summed E-state index contributed by atoms with van der Waals surface area (Å²) in [7, 11) is 3.47. The van der Waals surface area contributed by atoms with Gasteiger partial charge in [0.1, 0.15) is 5.75 Å². The zero-order valence-electron chi connectivity index (χ0n) is 15.2. The maximum absolute atomic E-state index is 12.4. The number of phenolic OH excluding ortho intramolecular Hbond substituents is 1. The van der Waals surface area contributed by atoms with Gasteiger partial charge in [-0.3, -0.25) is 4.79 Å². The maximum atomic E-state index is 12.4. The number of nitrogens with one attached hydrogen (secondary N) is 2. The molecule has 0 saturated heterocycles. The van der Waals surface area contributed by atoms with Gasteiger partial charge in [-0.15, -0.1) is 0 Å². The number of ether oxygens (including phenoxy) is 2. The van der Waals surface area contributed by atoms with Gasteiger partial charge < -0.3 is 25.2 Å². The molecule has 0 aromatic heterocycles. The smallest absolute Gasteiger partial charge is 0.251 e. The lowest BCUT2D eigenvalue weighted by molar-refractivity contribution is 0.0953. The number of carbonyl (C=O) groups excluding carboxylic acids is 1. The van der Waals surface area contributed by atoms with Crippen molar-refractivity contribution >= 4 is 5.91 Å². The number of amides is 1. The number of aromatic hydroxyl groups is 1. The van der Waals surface area contributed by atoms with Crippen molar-refractivity contribution < 1.29 is 19.4 Å². The number of hydrogen-bond acceptors (Lipinski definition) is 5. The van der Waals surface area contributed by atoms with E-state index < -0.39 is 0 Å². The highest BCUT2D eigenvalue weighted by atomic mass is 16.5. The lowest BCUT2D eigenvalue weighted by Crippen LogP contribution is -2.25. The van der Waals surface area contributed by atoms with Crippen molar-refractivity contribution in [2.75, 3.05) is 33.9 Å². The van der Waals surface area contributed by atoms with Crippen LogP contribution in [-0.4, -0.2) is 44.9 Å². The Hall–Kier alpha value is -2.73. The molecule has 0 atom stereocenters. The van der Waals surface area contributed by atoms with Crippen LogP contribution in [0.4, 0.5) is 0 Å². The molecule has 2 rings (SSSR count). The molecule has 0 radical (unpaired) electrons. The van der Waals surface area contributed by atoms with E-state index >= 15 is 0 Å². The van der Waals surface area contributed by atoms with Crippen LogP contribution in [0.25, 0.3) is 0 Å². The molecule has 0 aliphatic rings. The third-order valence-corrected chi connectivity index (χ3v) is 3.89. The molecule has 26 heavy (non-hydrogen) atoms. The summed E-state index contributed by atoms with van der Waals surface area (Å²) in [5.74, 6) is 1.25. The van der Waals surface area contributed by atoms with E-state index in [1.54, 1.807) is 37.4 Å². The standard InChI is InChI=1S/C20H26N2O4/c1-21-11-3-13-26-19-14-16(6-9-18(19)25-2)20(24)22-12-10-15-4-7-17(23)8-5-15/h4-9,14,21,23H,3,10-13H2,1-2H3,(H,22,24). The Morgan fingerprint density at radius 1 is 1.08 bits per heavy atom. The Kier molecular flexibility index (Phi) is 7.76. The fourth-order valence-corrected chi connectivity index (χ4v) is 2.45. The molecule has 0 fully saturated rings. The fraction of sp³-hybridized carbons (Fsp3) is 0.350. The van der Waals surface area contributed by atoms with Gasteiger partial charge in [-0.1, -0.05) is 12.1 Å². The molecule has 0 aliphatic heterocycles. The molecule has 140 valence electrons. The number of hydrogen-bond donors (Lipinski definition) is 3. The molecule has 2 aromatic carbocycles. The highest BCUT2D eigenvalue weighted by Gasteiger charge is 2.11. The third-order valence-electron chi connectivity index (χ3n) is 3.89. The molecular formula is C20H26N2O4. The Labute approximate surface area is 154 Å². The van der Waals surface area contributed by atoms with Crippen molar-refractivity contribution in [3.05, 3.63) is 53.6 Å². The van der Waals surface area contributed by atoms with Crippen LogP contribution in [-0.2, 0) is 6.42 Å². The molecule has 0 unspecified atom stereocenters. The topological polar surface area (TPSA) is 79.8 Å². The Morgan fingerprint density at radius 3 is 2.54 bits per heavy atom. The lowest BCUT2D eigenvalue weighted by Gasteiger charge is -2.12. The van der Waals surface area contributed by atoms with Crippen molar-refractivity contribution in [3.8, 4) is 17.2 Å². The summed E-state index contributed by atoms with van der Waals surface area (Å²) in [6, 6.07) is 12.1. The first-order chi connectivity index (χ1) is 12.6. The highest BCUT2D eigenvalue weighted by molar-refractivity contribution is 5.94. The van der Waals surface area contributed by atoms with Crippen molar-refractivity contribution in [2.24, 2.45) is 0 Å². The summed E-state index contributed by atoms with van der Waals surface area (Å²) in [5.41, 5.74) is 1.58. The SMILES string of the molecule is CNCCCOc1cc(C(=O)NCCc2ccc(O)cc2)ccc1OC. The molecule has 6 nitrogen and oxygen atoms in total. The second-order valence-corrected chi connectivity index (χ2v) is 5.84. The van der Waals surface area contributed by atoms with Gasteiger partial charge in [-0.2, -0.15) is 0 Å². The van der Waals surface area contributed by atoms with E-state index in [0.29, 0.717) is 36.6 Å². The molecule has 0 saturated carbocycles. The van der Waals surface area contributed by atoms with Crippen LogP contribution in [0.15, 0.2) is 42.5 Å². The largest absolute Gasteiger partial charge is 0.508 e. The molecular weight excluding hydrogens is 332 g/mol. The van der Waals surface area contributed by atoms with E-state index in [9.17, 15) is 9.90 Å². The molecule has 0 aliphatic carbocycles. The number of methoxy groups -OCH3 is 1. The molecule has 6 heteroatoms. The zero-order chi connectivity index (χ0) is 18.8. The zero-order valence-corrected chi connectivity index (χ0v) is 15.2. The summed E-state index contributed by atoms with van der Waals surface area (Å²) in [4.78, 5) is 12.4. The van der Waals surface area contributed by atoms with Gasteiger partial charge in [0.2, 0.25) is 0 Å². The predicted molar refractivity (Wildman–Crippen MR) is 101 cm³/mol. The second kappa shape index (κ2) is 10.3. The Bertz CT molecular complexity index is 701. The minimum atomic E-state index is -0.161.